The molecule has 12 heavy (non-hydrogen) atoms. The van der Waals surface area contributed by atoms with Crippen LogP contribution in [0.4, 0.5) is 0 Å². The maximum absolute atomic E-state index is 6.05. The first-order valence-electron chi connectivity index (χ1n) is 3.90. The van der Waals surface area contributed by atoms with E-state index in [4.69, 9.17) is 11.6 Å². The van der Waals surface area contributed by atoms with Crippen molar-refractivity contribution < 1.29 is 0 Å². The Bertz CT molecular complexity index is 429. The smallest absolute Gasteiger partial charge is 0.0669 e. The molecule has 0 radical (unpaired) electrons. The second kappa shape index (κ2) is 2.53. The van der Waals surface area contributed by atoms with Gasteiger partial charge < -0.3 is 4.57 Å². The Kier molecular flexibility index (Phi) is 1.62. The minimum absolute atomic E-state index is 0.822. The summed E-state index contributed by atoms with van der Waals surface area (Å²) in [5, 5.41) is 2.06. The van der Waals surface area contributed by atoms with E-state index in [0.717, 1.165) is 10.5 Å². The van der Waals surface area contributed by atoms with Crippen LogP contribution >= 0.6 is 11.6 Å². The van der Waals surface area contributed by atoms with Crippen molar-refractivity contribution in [2.45, 2.75) is 6.92 Å². The fourth-order valence-electron chi connectivity index (χ4n) is 1.51. The van der Waals surface area contributed by atoms with Gasteiger partial charge in [-0.1, -0.05) is 17.7 Å². The number of fused-ring (bicyclic) bond motifs is 1. The van der Waals surface area contributed by atoms with E-state index in [0.29, 0.717) is 0 Å². The van der Waals surface area contributed by atoms with Crippen LogP contribution < -0.4 is 0 Å². The number of halogens is 1. The van der Waals surface area contributed by atoms with Gasteiger partial charge in [0, 0.05) is 18.6 Å². The fourth-order valence-corrected chi connectivity index (χ4v) is 1.81. The molecule has 2 heteroatoms. The van der Waals surface area contributed by atoms with Crippen LogP contribution in [0.3, 0.4) is 0 Å². The molecule has 2 rings (SSSR count). The lowest BCUT2D eigenvalue weighted by Crippen LogP contribution is -1.85. The van der Waals surface area contributed by atoms with Gasteiger partial charge in [-0.3, -0.25) is 0 Å². The van der Waals surface area contributed by atoms with Crippen LogP contribution in [0.15, 0.2) is 24.4 Å². The van der Waals surface area contributed by atoms with Gasteiger partial charge in [0.15, 0.2) is 0 Å². The summed E-state index contributed by atoms with van der Waals surface area (Å²) in [6.07, 6.45) is 2.03. The van der Waals surface area contributed by atoms with E-state index in [9.17, 15) is 0 Å². The van der Waals surface area contributed by atoms with Crippen LogP contribution in [0.2, 0.25) is 5.02 Å². The van der Waals surface area contributed by atoms with Crippen LogP contribution in [0, 0.1) is 6.92 Å². The first-order chi connectivity index (χ1) is 5.70. The summed E-state index contributed by atoms with van der Waals surface area (Å²) >= 11 is 6.05. The predicted molar refractivity (Wildman–Crippen MR) is 52.7 cm³/mol. The van der Waals surface area contributed by atoms with E-state index in [1.54, 1.807) is 0 Å². The third-order valence-corrected chi connectivity index (χ3v) is 2.51. The average Bonchev–Trinajstić information content (AvgIpc) is 2.42. The number of hydrogen-bond acceptors (Lipinski definition) is 0. The van der Waals surface area contributed by atoms with E-state index in [1.165, 1.54) is 10.9 Å². The largest absolute Gasteiger partial charge is 0.349 e. The molecule has 0 spiro atoms. The number of rotatable bonds is 0. The lowest BCUT2D eigenvalue weighted by atomic mass is 10.1. The quantitative estimate of drug-likeness (QED) is 0.586. The molecule has 0 aliphatic heterocycles. The number of nitrogens with zero attached hydrogens (tertiary/aromatic N) is 1. The normalized spacial score (nSPS) is 10.9. The van der Waals surface area contributed by atoms with Crippen molar-refractivity contribution >= 4 is 22.5 Å². The molecule has 62 valence electrons. The average molecular weight is 180 g/mol. The van der Waals surface area contributed by atoms with Gasteiger partial charge in [-0.15, -0.1) is 0 Å². The zero-order chi connectivity index (χ0) is 8.72. The molecule has 1 aromatic heterocycles. The molecular formula is C10H10ClN. The van der Waals surface area contributed by atoms with Crippen molar-refractivity contribution in [3.05, 3.63) is 35.0 Å². The summed E-state index contributed by atoms with van der Waals surface area (Å²) in [5.74, 6) is 0. The molecule has 0 amide bonds. The molecule has 0 aliphatic rings. The minimum Gasteiger partial charge on any atom is -0.349 e. The van der Waals surface area contributed by atoms with Gasteiger partial charge in [0.1, 0.15) is 0 Å². The maximum atomic E-state index is 6.05. The molecule has 0 atom stereocenters. The standard InChI is InChI=1S/C10H10ClN/c1-7-3-4-9(11)10-8(7)5-6-12(10)2/h3-6H,1-2H3. The monoisotopic (exact) mass is 179 g/mol. The van der Waals surface area contributed by atoms with Gasteiger partial charge in [0.2, 0.25) is 0 Å². The summed E-state index contributed by atoms with van der Waals surface area (Å²) in [4.78, 5) is 0. The topological polar surface area (TPSA) is 4.93 Å². The molecule has 0 unspecified atom stereocenters. The van der Waals surface area contributed by atoms with Crippen molar-refractivity contribution in [3.63, 3.8) is 0 Å². The Morgan fingerprint density at radius 2 is 2.00 bits per heavy atom. The molecule has 0 aliphatic carbocycles. The van der Waals surface area contributed by atoms with Gasteiger partial charge in [-0.25, -0.2) is 0 Å². The Morgan fingerprint density at radius 3 is 2.67 bits per heavy atom. The summed E-state index contributed by atoms with van der Waals surface area (Å²) < 4.78 is 2.05. The first-order valence-corrected chi connectivity index (χ1v) is 4.28. The SMILES string of the molecule is Cc1ccc(Cl)c2c1ccn2C. The minimum atomic E-state index is 0.822. The molecule has 0 fully saturated rings. The van der Waals surface area contributed by atoms with E-state index < -0.39 is 0 Å². The summed E-state index contributed by atoms with van der Waals surface area (Å²) in [6.45, 7) is 2.10. The van der Waals surface area contributed by atoms with Gasteiger partial charge in [-0.05, 0) is 24.6 Å². The van der Waals surface area contributed by atoms with E-state index >= 15 is 0 Å². The zero-order valence-electron chi connectivity index (χ0n) is 7.13. The van der Waals surface area contributed by atoms with Crippen molar-refractivity contribution in [3.8, 4) is 0 Å². The molecule has 0 N–H and O–H groups in total. The van der Waals surface area contributed by atoms with Crippen LogP contribution in [0.25, 0.3) is 10.9 Å². The van der Waals surface area contributed by atoms with Crippen LogP contribution in [0.1, 0.15) is 5.56 Å². The summed E-state index contributed by atoms with van der Waals surface area (Å²) in [6, 6.07) is 6.08. The molecular weight excluding hydrogens is 170 g/mol. The van der Waals surface area contributed by atoms with Gasteiger partial charge in [0.05, 0.1) is 10.5 Å². The number of benzene rings is 1. The fraction of sp³-hybridized carbons (Fsp3) is 0.200. The lowest BCUT2D eigenvalue weighted by Gasteiger charge is -2.00. The second-order valence-corrected chi connectivity index (χ2v) is 3.46. The lowest BCUT2D eigenvalue weighted by molar-refractivity contribution is 0.969. The summed E-state index contributed by atoms with van der Waals surface area (Å²) in [7, 11) is 2.01. The highest BCUT2D eigenvalue weighted by Crippen LogP contribution is 2.26. The van der Waals surface area contributed by atoms with E-state index in [1.807, 2.05) is 29.9 Å². The third-order valence-electron chi connectivity index (χ3n) is 2.20. The number of aryl methyl sites for hydroxylation is 2. The van der Waals surface area contributed by atoms with Gasteiger partial charge in [0.25, 0.3) is 0 Å². The highest BCUT2D eigenvalue weighted by Gasteiger charge is 2.03. The Balaban J connectivity index is 2.98. The van der Waals surface area contributed by atoms with Crippen LogP contribution in [-0.4, -0.2) is 4.57 Å². The number of hydrogen-bond donors (Lipinski definition) is 0. The zero-order valence-corrected chi connectivity index (χ0v) is 7.89. The van der Waals surface area contributed by atoms with Crippen molar-refractivity contribution in [1.82, 2.24) is 4.57 Å². The molecule has 0 saturated carbocycles. The molecule has 0 bridgehead atoms. The highest BCUT2D eigenvalue weighted by atomic mass is 35.5. The Hall–Kier alpha value is -0.950. The molecule has 1 aromatic carbocycles. The second-order valence-electron chi connectivity index (χ2n) is 3.05. The Morgan fingerprint density at radius 1 is 1.25 bits per heavy atom. The van der Waals surface area contributed by atoms with Crippen molar-refractivity contribution in [2.75, 3.05) is 0 Å². The molecule has 1 heterocycles. The predicted octanol–water partition coefficient (Wildman–Crippen LogP) is 3.14. The Labute approximate surface area is 76.6 Å². The van der Waals surface area contributed by atoms with Crippen LogP contribution in [0.5, 0.6) is 0 Å². The highest BCUT2D eigenvalue weighted by molar-refractivity contribution is 6.35. The molecule has 1 nitrogen and oxygen atoms in total. The van der Waals surface area contributed by atoms with Crippen molar-refractivity contribution in [2.24, 2.45) is 7.05 Å². The maximum Gasteiger partial charge on any atom is 0.0669 e. The number of aromatic nitrogens is 1. The van der Waals surface area contributed by atoms with E-state index in [2.05, 4.69) is 13.0 Å². The van der Waals surface area contributed by atoms with Gasteiger partial charge in [-0.2, -0.15) is 0 Å². The van der Waals surface area contributed by atoms with E-state index in [-0.39, 0.29) is 0 Å². The van der Waals surface area contributed by atoms with Crippen LogP contribution in [-0.2, 0) is 7.05 Å². The summed E-state index contributed by atoms with van der Waals surface area (Å²) in [5.41, 5.74) is 2.40. The van der Waals surface area contributed by atoms with Crippen molar-refractivity contribution in [1.29, 1.82) is 0 Å². The van der Waals surface area contributed by atoms with Gasteiger partial charge >= 0.3 is 0 Å². The third kappa shape index (κ3) is 0.935. The molecule has 2 aromatic rings. The first kappa shape index (κ1) is 7.69. The molecule has 0 saturated heterocycles.